The van der Waals surface area contributed by atoms with Crippen LogP contribution in [0.3, 0.4) is 0 Å². The lowest BCUT2D eigenvalue weighted by atomic mass is 10.1. The van der Waals surface area contributed by atoms with E-state index in [1.165, 1.54) is 19.2 Å². The Morgan fingerprint density at radius 1 is 1.39 bits per heavy atom. The van der Waals surface area contributed by atoms with Crippen LogP contribution < -0.4 is 9.47 Å². The minimum absolute atomic E-state index is 0.0740. The predicted molar refractivity (Wildman–Crippen MR) is 60.8 cm³/mol. The number of isocyanates is 1. The van der Waals surface area contributed by atoms with Crippen molar-refractivity contribution in [2.75, 3.05) is 7.11 Å². The van der Waals surface area contributed by atoms with Gasteiger partial charge in [0, 0.05) is 0 Å². The van der Waals surface area contributed by atoms with Gasteiger partial charge in [-0.05, 0) is 32.0 Å². The van der Waals surface area contributed by atoms with Gasteiger partial charge in [-0.1, -0.05) is 0 Å². The number of carbonyl (C=O) groups excluding carboxylic acids is 1. The number of rotatable bonds is 5. The van der Waals surface area contributed by atoms with Gasteiger partial charge in [-0.3, -0.25) is 0 Å². The van der Waals surface area contributed by atoms with Crippen LogP contribution in [-0.2, 0) is 10.8 Å². The fraction of sp³-hybridized carbons (Fsp3) is 0.417. The van der Waals surface area contributed by atoms with Crippen molar-refractivity contribution in [3.63, 3.8) is 0 Å². The molecule has 0 unspecified atom stereocenters. The van der Waals surface area contributed by atoms with Gasteiger partial charge >= 0.3 is 6.05 Å². The molecule has 1 aromatic rings. The van der Waals surface area contributed by atoms with Gasteiger partial charge in [0.2, 0.25) is 6.08 Å². The Balaban J connectivity index is 3.25. The number of benzene rings is 1. The summed E-state index contributed by atoms with van der Waals surface area (Å²) in [6, 6.07) is 0.243. The summed E-state index contributed by atoms with van der Waals surface area (Å²) in [5.41, 5.74) is -0.536. The smallest absolute Gasteiger partial charge is 0.382 e. The van der Waals surface area contributed by atoms with Crippen LogP contribution in [-0.4, -0.2) is 19.3 Å². The molecule has 1 rings (SSSR count). The van der Waals surface area contributed by atoms with Crippen molar-refractivity contribution in [2.24, 2.45) is 4.99 Å². The quantitative estimate of drug-likeness (QED) is 0.463. The van der Waals surface area contributed by atoms with Gasteiger partial charge in [-0.15, -0.1) is 4.99 Å². The molecule has 0 N–H and O–H groups in total. The van der Waals surface area contributed by atoms with E-state index in [2.05, 4.69) is 4.99 Å². The molecule has 0 spiro atoms. The maximum absolute atomic E-state index is 13.6. The molecule has 98 valence electrons. The van der Waals surface area contributed by atoms with Crippen molar-refractivity contribution < 1.29 is 23.0 Å². The monoisotopic (exact) mass is 257 g/mol. The highest BCUT2D eigenvalue weighted by molar-refractivity contribution is 5.45. The number of ether oxygens (including phenoxy) is 2. The number of hydrogen-bond donors (Lipinski definition) is 0. The first-order valence-corrected chi connectivity index (χ1v) is 5.22. The summed E-state index contributed by atoms with van der Waals surface area (Å²) in [4.78, 5) is 12.5. The second kappa shape index (κ2) is 5.60. The van der Waals surface area contributed by atoms with E-state index in [1.807, 2.05) is 0 Å². The molecule has 1 aromatic carbocycles. The molecule has 0 aliphatic heterocycles. The van der Waals surface area contributed by atoms with Crippen LogP contribution in [0.1, 0.15) is 19.4 Å². The Labute approximate surface area is 103 Å². The SMILES string of the molecule is COc1ccc(OC(C)C)cc1C(F)(F)N=C=O. The lowest BCUT2D eigenvalue weighted by molar-refractivity contribution is 0.00355. The zero-order valence-electron chi connectivity index (χ0n) is 10.2. The van der Waals surface area contributed by atoms with E-state index in [0.717, 1.165) is 12.1 Å². The van der Waals surface area contributed by atoms with Crippen LogP contribution in [0.5, 0.6) is 11.5 Å². The molecule has 0 atom stereocenters. The Morgan fingerprint density at radius 2 is 2.06 bits per heavy atom. The van der Waals surface area contributed by atoms with Gasteiger partial charge in [0.1, 0.15) is 11.5 Å². The molecule has 0 saturated heterocycles. The molecular formula is C12H13F2NO3. The van der Waals surface area contributed by atoms with Crippen LogP contribution >= 0.6 is 0 Å². The van der Waals surface area contributed by atoms with Crippen LogP contribution in [0.15, 0.2) is 23.2 Å². The third-order valence-corrected chi connectivity index (χ3v) is 2.05. The highest BCUT2D eigenvalue weighted by Gasteiger charge is 2.35. The predicted octanol–water partition coefficient (Wildman–Crippen LogP) is 2.87. The average Bonchev–Trinajstić information content (AvgIpc) is 2.28. The first-order chi connectivity index (χ1) is 8.40. The Bertz CT molecular complexity index is 468. The number of aliphatic imine (C=N–C) groups is 1. The zero-order valence-corrected chi connectivity index (χ0v) is 10.2. The molecule has 0 bridgehead atoms. The molecular weight excluding hydrogens is 244 g/mol. The molecule has 0 radical (unpaired) electrons. The fourth-order valence-electron chi connectivity index (χ4n) is 1.39. The standard InChI is InChI=1S/C12H13F2NO3/c1-8(2)18-9-4-5-11(17-3)10(6-9)12(13,14)15-7-16/h4-6,8H,1-3H3. The molecule has 0 aliphatic carbocycles. The van der Waals surface area contributed by atoms with E-state index < -0.39 is 11.6 Å². The van der Waals surface area contributed by atoms with E-state index in [4.69, 9.17) is 9.47 Å². The molecule has 0 heterocycles. The Kier molecular flexibility index (Phi) is 4.39. The molecule has 0 aliphatic rings. The van der Waals surface area contributed by atoms with Crippen molar-refractivity contribution in [3.05, 3.63) is 23.8 Å². The topological polar surface area (TPSA) is 47.9 Å². The Morgan fingerprint density at radius 3 is 2.56 bits per heavy atom. The van der Waals surface area contributed by atoms with Gasteiger partial charge in [-0.25, -0.2) is 4.79 Å². The summed E-state index contributed by atoms with van der Waals surface area (Å²) < 4.78 is 37.2. The van der Waals surface area contributed by atoms with E-state index in [9.17, 15) is 13.6 Å². The fourth-order valence-corrected chi connectivity index (χ4v) is 1.39. The number of nitrogens with zero attached hydrogens (tertiary/aromatic N) is 1. The van der Waals surface area contributed by atoms with Gasteiger partial charge in [0.15, 0.2) is 0 Å². The summed E-state index contributed by atoms with van der Waals surface area (Å²) in [6.07, 6.45) is 0.689. The van der Waals surface area contributed by atoms with E-state index in [-0.39, 0.29) is 17.6 Å². The summed E-state index contributed by atoms with van der Waals surface area (Å²) in [7, 11) is 1.25. The summed E-state index contributed by atoms with van der Waals surface area (Å²) in [6.45, 7) is 3.54. The molecule has 0 amide bonds. The number of methoxy groups -OCH3 is 1. The molecule has 0 aromatic heterocycles. The summed E-state index contributed by atoms with van der Waals surface area (Å²) in [5.74, 6) is 0.177. The Hall–Kier alpha value is -1.94. The third kappa shape index (κ3) is 3.28. The van der Waals surface area contributed by atoms with Crippen molar-refractivity contribution in [1.29, 1.82) is 0 Å². The summed E-state index contributed by atoms with van der Waals surface area (Å²) in [5, 5.41) is 0. The molecule has 4 nitrogen and oxygen atoms in total. The van der Waals surface area contributed by atoms with Gasteiger partial charge < -0.3 is 9.47 Å². The van der Waals surface area contributed by atoms with E-state index in [0.29, 0.717) is 0 Å². The zero-order chi connectivity index (χ0) is 13.8. The second-order valence-corrected chi connectivity index (χ2v) is 3.77. The normalized spacial score (nSPS) is 11.0. The van der Waals surface area contributed by atoms with Crippen molar-refractivity contribution in [3.8, 4) is 11.5 Å². The van der Waals surface area contributed by atoms with Crippen molar-refractivity contribution in [2.45, 2.75) is 26.0 Å². The largest absolute Gasteiger partial charge is 0.496 e. The maximum Gasteiger partial charge on any atom is 0.382 e. The van der Waals surface area contributed by atoms with Gasteiger partial charge in [-0.2, -0.15) is 8.78 Å². The van der Waals surface area contributed by atoms with Crippen LogP contribution in [0.4, 0.5) is 8.78 Å². The minimum atomic E-state index is -3.69. The number of halogens is 2. The average molecular weight is 257 g/mol. The third-order valence-electron chi connectivity index (χ3n) is 2.05. The van der Waals surface area contributed by atoms with E-state index >= 15 is 0 Å². The minimum Gasteiger partial charge on any atom is -0.496 e. The molecule has 0 saturated carbocycles. The van der Waals surface area contributed by atoms with Gasteiger partial charge in [0.05, 0.1) is 18.8 Å². The van der Waals surface area contributed by atoms with Crippen LogP contribution in [0, 0.1) is 0 Å². The van der Waals surface area contributed by atoms with E-state index in [1.54, 1.807) is 13.8 Å². The van der Waals surface area contributed by atoms with Gasteiger partial charge in [0.25, 0.3) is 0 Å². The molecule has 18 heavy (non-hydrogen) atoms. The maximum atomic E-state index is 13.6. The number of alkyl halides is 2. The highest BCUT2D eigenvalue weighted by atomic mass is 19.3. The van der Waals surface area contributed by atoms with Crippen molar-refractivity contribution >= 4 is 6.08 Å². The highest BCUT2D eigenvalue weighted by Crippen LogP contribution is 2.38. The second-order valence-electron chi connectivity index (χ2n) is 3.77. The number of hydrogen-bond acceptors (Lipinski definition) is 4. The van der Waals surface area contributed by atoms with Crippen molar-refractivity contribution in [1.82, 2.24) is 0 Å². The van der Waals surface area contributed by atoms with Crippen LogP contribution in [0.2, 0.25) is 0 Å². The van der Waals surface area contributed by atoms with Crippen LogP contribution in [0.25, 0.3) is 0 Å². The molecule has 6 heteroatoms. The molecule has 0 fully saturated rings. The lowest BCUT2D eigenvalue weighted by Crippen LogP contribution is -2.13. The lowest BCUT2D eigenvalue weighted by Gasteiger charge is -2.16. The summed E-state index contributed by atoms with van der Waals surface area (Å²) >= 11 is 0. The first-order valence-electron chi connectivity index (χ1n) is 5.22. The first kappa shape index (κ1) is 14.1.